The molecule has 1 atom stereocenters. The Morgan fingerprint density at radius 2 is 1.97 bits per heavy atom. The standard InChI is InChI=1S/C22H17F3N4O2/c1-12-26-8-16-9-27-18-5-3-13(6-20(18)29(12)16)21(30)28-19-11-31-10-14-2-4-15(7-17(14)19)22(23,24)25/h2-9,19H,10-11H2,1H3,(H,28,30). The van der Waals surface area contributed by atoms with Gasteiger partial charge in [0.25, 0.3) is 5.91 Å². The quantitative estimate of drug-likeness (QED) is 0.521. The molecule has 9 heteroatoms. The molecular formula is C22H17F3N4O2. The minimum atomic E-state index is -4.46. The molecule has 5 rings (SSSR count). The lowest BCUT2D eigenvalue weighted by molar-refractivity contribution is -0.137. The molecule has 0 aliphatic carbocycles. The number of fused-ring (bicyclic) bond motifs is 4. The molecule has 0 saturated carbocycles. The summed E-state index contributed by atoms with van der Waals surface area (Å²) in [5, 5.41) is 2.81. The molecule has 1 unspecified atom stereocenters. The lowest BCUT2D eigenvalue weighted by Crippen LogP contribution is -2.34. The average molecular weight is 426 g/mol. The second kappa shape index (κ2) is 7.05. The van der Waals surface area contributed by atoms with Crippen LogP contribution in [0.2, 0.25) is 0 Å². The van der Waals surface area contributed by atoms with Gasteiger partial charge in [-0.3, -0.25) is 14.2 Å². The number of aryl methyl sites for hydroxylation is 1. The number of hydrogen-bond donors (Lipinski definition) is 1. The van der Waals surface area contributed by atoms with Gasteiger partial charge < -0.3 is 10.1 Å². The van der Waals surface area contributed by atoms with Gasteiger partial charge in [-0.05, 0) is 48.4 Å². The fraction of sp³-hybridized carbons (Fsp3) is 0.227. The first-order valence-electron chi connectivity index (χ1n) is 9.63. The number of ether oxygens (including phenoxy) is 1. The topological polar surface area (TPSA) is 68.5 Å². The molecule has 4 aromatic rings. The van der Waals surface area contributed by atoms with Crippen molar-refractivity contribution in [1.29, 1.82) is 0 Å². The number of rotatable bonds is 2. The molecule has 0 spiro atoms. The molecule has 31 heavy (non-hydrogen) atoms. The van der Waals surface area contributed by atoms with Crippen LogP contribution in [0.4, 0.5) is 13.2 Å². The van der Waals surface area contributed by atoms with Crippen LogP contribution in [0.3, 0.4) is 0 Å². The van der Waals surface area contributed by atoms with E-state index in [9.17, 15) is 18.0 Å². The fourth-order valence-corrected chi connectivity index (χ4v) is 3.92. The van der Waals surface area contributed by atoms with Crippen molar-refractivity contribution in [3.05, 3.63) is 76.9 Å². The van der Waals surface area contributed by atoms with Crippen molar-refractivity contribution >= 4 is 22.5 Å². The Morgan fingerprint density at radius 3 is 2.77 bits per heavy atom. The monoisotopic (exact) mass is 426 g/mol. The highest BCUT2D eigenvalue weighted by Gasteiger charge is 2.33. The van der Waals surface area contributed by atoms with Crippen LogP contribution in [0.5, 0.6) is 0 Å². The second-order valence-corrected chi connectivity index (χ2v) is 7.48. The molecule has 2 aromatic carbocycles. The number of nitrogens with zero attached hydrogens (tertiary/aromatic N) is 3. The van der Waals surface area contributed by atoms with Gasteiger partial charge in [0.15, 0.2) is 0 Å². The van der Waals surface area contributed by atoms with Crippen molar-refractivity contribution in [3.63, 3.8) is 0 Å². The van der Waals surface area contributed by atoms with Gasteiger partial charge in [0.05, 0.1) is 53.8 Å². The van der Waals surface area contributed by atoms with Crippen LogP contribution in [0, 0.1) is 6.92 Å². The first kappa shape index (κ1) is 19.5. The molecule has 1 aliphatic rings. The molecule has 158 valence electrons. The van der Waals surface area contributed by atoms with Crippen LogP contribution < -0.4 is 5.32 Å². The zero-order chi connectivity index (χ0) is 21.8. The third-order valence-corrected chi connectivity index (χ3v) is 5.48. The zero-order valence-electron chi connectivity index (χ0n) is 16.4. The van der Waals surface area contributed by atoms with E-state index in [1.807, 2.05) is 11.3 Å². The van der Waals surface area contributed by atoms with Crippen LogP contribution in [0.1, 0.15) is 38.9 Å². The van der Waals surface area contributed by atoms with E-state index in [-0.39, 0.29) is 13.2 Å². The normalized spacial score (nSPS) is 16.5. The van der Waals surface area contributed by atoms with Crippen molar-refractivity contribution in [3.8, 4) is 0 Å². The van der Waals surface area contributed by atoms with Gasteiger partial charge in [-0.25, -0.2) is 4.98 Å². The Morgan fingerprint density at radius 1 is 1.16 bits per heavy atom. The Bertz CT molecular complexity index is 1330. The lowest BCUT2D eigenvalue weighted by atomic mass is 9.96. The molecule has 1 N–H and O–H groups in total. The van der Waals surface area contributed by atoms with Crippen molar-refractivity contribution in [2.75, 3.05) is 6.61 Å². The number of benzene rings is 2. The third-order valence-electron chi connectivity index (χ3n) is 5.48. The number of carbonyl (C=O) groups excluding carboxylic acids is 1. The molecule has 0 bridgehead atoms. The predicted octanol–water partition coefficient (Wildman–Crippen LogP) is 4.21. The minimum Gasteiger partial charge on any atom is -0.374 e. The largest absolute Gasteiger partial charge is 0.416 e. The average Bonchev–Trinajstić information content (AvgIpc) is 3.14. The maximum atomic E-state index is 13.2. The van der Waals surface area contributed by atoms with E-state index in [1.54, 1.807) is 30.6 Å². The van der Waals surface area contributed by atoms with E-state index >= 15 is 0 Å². The number of nitrogens with one attached hydrogen (secondary N) is 1. The molecular weight excluding hydrogens is 409 g/mol. The Balaban J connectivity index is 1.49. The SMILES string of the molecule is Cc1ncc2cnc3ccc(C(=O)NC4COCc5ccc(C(F)(F)F)cc54)cc3n12. The molecule has 2 aromatic heterocycles. The van der Waals surface area contributed by atoms with Gasteiger partial charge >= 0.3 is 6.18 Å². The van der Waals surface area contributed by atoms with Gasteiger partial charge in [-0.1, -0.05) is 6.07 Å². The zero-order valence-corrected chi connectivity index (χ0v) is 16.4. The van der Waals surface area contributed by atoms with Gasteiger partial charge in [0, 0.05) is 5.56 Å². The van der Waals surface area contributed by atoms with E-state index < -0.39 is 23.7 Å². The number of carbonyl (C=O) groups is 1. The van der Waals surface area contributed by atoms with Gasteiger partial charge in [0.2, 0.25) is 0 Å². The molecule has 0 fully saturated rings. The minimum absolute atomic E-state index is 0.0973. The van der Waals surface area contributed by atoms with Crippen LogP contribution >= 0.6 is 0 Å². The Hall–Kier alpha value is -3.46. The van der Waals surface area contributed by atoms with Crippen LogP contribution in [0.25, 0.3) is 16.6 Å². The first-order valence-corrected chi connectivity index (χ1v) is 9.63. The number of hydrogen-bond acceptors (Lipinski definition) is 4. The summed E-state index contributed by atoms with van der Waals surface area (Å²) in [6.45, 7) is 2.16. The van der Waals surface area contributed by atoms with E-state index in [2.05, 4.69) is 15.3 Å². The van der Waals surface area contributed by atoms with E-state index in [0.717, 1.165) is 29.0 Å². The molecule has 1 aliphatic heterocycles. The summed E-state index contributed by atoms with van der Waals surface area (Å²) in [6, 6.07) is 7.91. The Kier molecular flexibility index (Phi) is 4.44. The molecule has 0 radical (unpaired) electrons. The summed E-state index contributed by atoms with van der Waals surface area (Å²) in [7, 11) is 0. The maximum Gasteiger partial charge on any atom is 0.416 e. The first-order chi connectivity index (χ1) is 14.8. The van der Waals surface area contributed by atoms with Crippen molar-refractivity contribution < 1.29 is 22.7 Å². The van der Waals surface area contributed by atoms with E-state index in [4.69, 9.17) is 4.74 Å². The molecule has 0 saturated heterocycles. The van der Waals surface area contributed by atoms with Gasteiger partial charge in [0.1, 0.15) is 5.82 Å². The van der Waals surface area contributed by atoms with Crippen molar-refractivity contribution in [2.45, 2.75) is 25.7 Å². The number of halogens is 3. The highest BCUT2D eigenvalue weighted by molar-refractivity contribution is 5.98. The lowest BCUT2D eigenvalue weighted by Gasteiger charge is -2.27. The predicted molar refractivity (Wildman–Crippen MR) is 107 cm³/mol. The van der Waals surface area contributed by atoms with Crippen molar-refractivity contribution in [2.24, 2.45) is 0 Å². The fourth-order valence-electron chi connectivity index (χ4n) is 3.92. The second-order valence-electron chi connectivity index (χ2n) is 7.48. The maximum absolute atomic E-state index is 13.2. The van der Waals surface area contributed by atoms with Crippen molar-refractivity contribution in [1.82, 2.24) is 19.7 Å². The summed E-state index contributed by atoms with van der Waals surface area (Å²) in [5.41, 5.74) is 2.90. The van der Waals surface area contributed by atoms with Gasteiger partial charge in [-0.15, -0.1) is 0 Å². The van der Waals surface area contributed by atoms with E-state index in [0.29, 0.717) is 22.2 Å². The van der Waals surface area contributed by atoms with Crippen LogP contribution in [-0.4, -0.2) is 26.9 Å². The summed E-state index contributed by atoms with van der Waals surface area (Å²) in [4.78, 5) is 21.6. The highest BCUT2D eigenvalue weighted by atomic mass is 19.4. The highest BCUT2D eigenvalue weighted by Crippen LogP contribution is 2.34. The summed E-state index contributed by atoms with van der Waals surface area (Å²) in [5.74, 6) is 0.352. The summed E-state index contributed by atoms with van der Waals surface area (Å²) >= 11 is 0. The Labute approximate surface area is 174 Å². The van der Waals surface area contributed by atoms with Crippen LogP contribution in [-0.2, 0) is 17.5 Å². The number of aromatic nitrogens is 3. The molecule has 3 heterocycles. The number of amides is 1. The van der Waals surface area contributed by atoms with E-state index in [1.165, 1.54) is 6.07 Å². The third kappa shape index (κ3) is 3.40. The summed E-state index contributed by atoms with van der Waals surface area (Å²) < 4.78 is 46.9. The van der Waals surface area contributed by atoms with Gasteiger partial charge in [-0.2, -0.15) is 13.2 Å². The molecule has 1 amide bonds. The summed E-state index contributed by atoms with van der Waals surface area (Å²) in [6.07, 6.45) is -1.05. The number of imidazole rings is 1. The molecule has 6 nitrogen and oxygen atoms in total. The van der Waals surface area contributed by atoms with Crippen LogP contribution in [0.15, 0.2) is 48.8 Å². The number of alkyl halides is 3. The smallest absolute Gasteiger partial charge is 0.374 e.